The number of ether oxygens (including phenoxy) is 1. The number of hydrogen-bond donors (Lipinski definition) is 0. The molecule has 0 aliphatic heterocycles. The Morgan fingerprint density at radius 2 is 1.84 bits per heavy atom. The highest BCUT2D eigenvalue weighted by molar-refractivity contribution is 5.40. The minimum atomic E-state index is -0.417. The smallest absolute Gasteiger partial charge is 0.125 e. The zero-order chi connectivity index (χ0) is 13.8. The maximum absolute atomic E-state index is 13.3. The molecule has 3 heteroatoms. The first-order valence-electron chi connectivity index (χ1n) is 5.99. The van der Waals surface area contributed by atoms with Gasteiger partial charge in [0.25, 0.3) is 0 Å². The van der Waals surface area contributed by atoms with Crippen LogP contribution in [0, 0.1) is 31.0 Å². The Labute approximate surface area is 112 Å². The SMILES string of the molecule is Cc1cccc(C)c1OCc1cc(F)cc(C#N)c1. The highest BCUT2D eigenvalue weighted by Gasteiger charge is 2.05. The van der Waals surface area contributed by atoms with Gasteiger partial charge in [-0.15, -0.1) is 0 Å². The van der Waals surface area contributed by atoms with E-state index in [1.807, 2.05) is 38.1 Å². The van der Waals surface area contributed by atoms with Crippen molar-refractivity contribution in [2.45, 2.75) is 20.5 Å². The van der Waals surface area contributed by atoms with Gasteiger partial charge in [-0.1, -0.05) is 18.2 Å². The molecule has 0 atom stereocenters. The van der Waals surface area contributed by atoms with Crippen LogP contribution in [0.15, 0.2) is 36.4 Å². The largest absolute Gasteiger partial charge is 0.488 e. The summed E-state index contributed by atoms with van der Waals surface area (Å²) in [5, 5.41) is 8.80. The molecule has 0 aliphatic rings. The summed E-state index contributed by atoms with van der Waals surface area (Å²) in [5.74, 6) is 0.393. The van der Waals surface area contributed by atoms with E-state index in [9.17, 15) is 4.39 Å². The molecule has 0 heterocycles. The van der Waals surface area contributed by atoms with Crippen molar-refractivity contribution in [1.29, 1.82) is 5.26 Å². The molecule has 0 N–H and O–H groups in total. The molecule has 0 unspecified atom stereocenters. The number of para-hydroxylation sites is 1. The molecule has 0 spiro atoms. The van der Waals surface area contributed by atoms with Crippen LogP contribution in [0.25, 0.3) is 0 Å². The second-order valence-electron chi connectivity index (χ2n) is 4.47. The first-order valence-corrected chi connectivity index (χ1v) is 5.99. The van der Waals surface area contributed by atoms with Gasteiger partial charge >= 0.3 is 0 Å². The molecule has 2 aromatic carbocycles. The normalized spacial score (nSPS) is 10.0. The van der Waals surface area contributed by atoms with Crippen molar-refractivity contribution in [1.82, 2.24) is 0 Å². The van der Waals surface area contributed by atoms with Gasteiger partial charge in [-0.2, -0.15) is 5.26 Å². The lowest BCUT2D eigenvalue weighted by atomic mass is 10.1. The number of nitriles is 1. The fourth-order valence-electron chi connectivity index (χ4n) is 1.98. The minimum absolute atomic E-state index is 0.248. The highest BCUT2D eigenvalue weighted by atomic mass is 19.1. The molecule has 0 saturated carbocycles. The van der Waals surface area contributed by atoms with Crippen molar-refractivity contribution in [3.05, 3.63) is 64.5 Å². The van der Waals surface area contributed by atoms with Gasteiger partial charge in [-0.05, 0) is 48.7 Å². The van der Waals surface area contributed by atoms with Gasteiger partial charge in [0.1, 0.15) is 18.2 Å². The van der Waals surface area contributed by atoms with Crippen LogP contribution in [0.4, 0.5) is 4.39 Å². The second kappa shape index (κ2) is 5.53. The Morgan fingerprint density at radius 1 is 1.16 bits per heavy atom. The fraction of sp³-hybridized carbons (Fsp3) is 0.188. The van der Waals surface area contributed by atoms with Crippen molar-refractivity contribution >= 4 is 0 Å². The summed E-state index contributed by atoms with van der Waals surface area (Å²) >= 11 is 0. The van der Waals surface area contributed by atoms with Gasteiger partial charge < -0.3 is 4.74 Å². The molecule has 0 radical (unpaired) electrons. The van der Waals surface area contributed by atoms with Crippen LogP contribution in [0.5, 0.6) is 5.75 Å². The number of hydrogen-bond acceptors (Lipinski definition) is 2. The lowest BCUT2D eigenvalue weighted by Crippen LogP contribution is -2.00. The van der Waals surface area contributed by atoms with Crippen molar-refractivity contribution in [3.8, 4) is 11.8 Å². The Hall–Kier alpha value is -2.34. The van der Waals surface area contributed by atoms with Gasteiger partial charge in [0.2, 0.25) is 0 Å². The van der Waals surface area contributed by atoms with Gasteiger partial charge in [-0.25, -0.2) is 4.39 Å². The van der Waals surface area contributed by atoms with Gasteiger partial charge in [0.05, 0.1) is 11.6 Å². The molecular formula is C16H14FNO. The lowest BCUT2D eigenvalue weighted by molar-refractivity contribution is 0.301. The molecule has 0 fully saturated rings. The average Bonchev–Trinajstić information content (AvgIpc) is 2.37. The second-order valence-corrected chi connectivity index (χ2v) is 4.47. The molecule has 0 aromatic heterocycles. The Balaban J connectivity index is 2.19. The van der Waals surface area contributed by atoms with E-state index in [1.165, 1.54) is 12.1 Å². The third kappa shape index (κ3) is 3.11. The molecule has 0 bridgehead atoms. The van der Waals surface area contributed by atoms with Crippen LogP contribution in [0.1, 0.15) is 22.3 Å². The monoisotopic (exact) mass is 255 g/mol. The van der Waals surface area contributed by atoms with Crippen LogP contribution in [0.3, 0.4) is 0 Å². The van der Waals surface area contributed by atoms with Crippen LogP contribution in [-0.4, -0.2) is 0 Å². The summed E-state index contributed by atoms with van der Waals surface area (Å²) in [5.41, 5.74) is 3.04. The van der Waals surface area contributed by atoms with Crippen LogP contribution < -0.4 is 4.74 Å². The molecule has 2 rings (SSSR count). The van der Waals surface area contributed by atoms with E-state index in [4.69, 9.17) is 10.00 Å². The Kier molecular flexibility index (Phi) is 3.82. The predicted molar refractivity (Wildman–Crippen MR) is 71.4 cm³/mol. The first kappa shape index (κ1) is 13.1. The average molecular weight is 255 g/mol. The Morgan fingerprint density at radius 3 is 2.47 bits per heavy atom. The molecule has 0 aliphatic carbocycles. The molecular weight excluding hydrogens is 241 g/mol. The topological polar surface area (TPSA) is 33.0 Å². The highest BCUT2D eigenvalue weighted by Crippen LogP contribution is 2.23. The third-order valence-corrected chi connectivity index (χ3v) is 2.88. The molecule has 0 saturated heterocycles. The minimum Gasteiger partial charge on any atom is -0.488 e. The zero-order valence-corrected chi connectivity index (χ0v) is 10.9. The van der Waals surface area contributed by atoms with Crippen LogP contribution in [0.2, 0.25) is 0 Å². The summed E-state index contributed by atoms with van der Waals surface area (Å²) in [6, 6.07) is 12.1. The van der Waals surface area contributed by atoms with Crippen molar-refractivity contribution < 1.29 is 9.13 Å². The number of benzene rings is 2. The van der Waals surface area contributed by atoms with Gasteiger partial charge in [-0.3, -0.25) is 0 Å². The first-order chi connectivity index (χ1) is 9.10. The van der Waals surface area contributed by atoms with E-state index in [2.05, 4.69) is 0 Å². The van der Waals surface area contributed by atoms with E-state index < -0.39 is 5.82 Å². The number of rotatable bonds is 3. The summed E-state index contributed by atoms with van der Waals surface area (Å²) < 4.78 is 19.0. The van der Waals surface area contributed by atoms with Crippen molar-refractivity contribution in [3.63, 3.8) is 0 Å². The number of halogens is 1. The molecule has 2 aromatic rings. The zero-order valence-electron chi connectivity index (χ0n) is 10.9. The van der Waals surface area contributed by atoms with Crippen molar-refractivity contribution in [2.24, 2.45) is 0 Å². The summed E-state index contributed by atoms with van der Waals surface area (Å²) in [7, 11) is 0. The molecule has 2 nitrogen and oxygen atoms in total. The number of aryl methyl sites for hydroxylation is 2. The molecule has 96 valence electrons. The van der Waals surface area contributed by atoms with Crippen molar-refractivity contribution in [2.75, 3.05) is 0 Å². The van der Waals surface area contributed by atoms with Gasteiger partial charge in [0.15, 0.2) is 0 Å². The third-order valence-electron chi connectivity index (χ3n) is 2.88. The predicted octanol–water partition coefficient (Wildman–Crippen LogP) is 3.89. The fourth-order valence-corrected chi connectivity index (χ4v) is 1.98. The number of nitrogens with zero attached hydrogens (tertiary/aromatic N) is 1. The maximum atomic E-state index is 13.3. The standard InChI is InChI=1S/C16H14FNO/c1-11-4-3-5-12(2)16(11)19-10-14-6-13(9-18)7-15(17)8-14/h3-8H,10H2,1-2H3. The lowest BCUT2D eigenvalue weighted by Gasteiger charge is -2.12. The van der Waals surface area contributed by atoms with E-state index in [0.29, 0.717) is 11.1 Å². The maximum Gasteiger partial charge on any atom is 0.125 e. The molecule has 19 heavy (non-hydrogen) atoms. The quantitative estimate of drug-likeness (QED) is 0.833. The summed E-state index contributed by atoms with van der Waals surface area (Å²) in [4.78, 5) is 0. The van der Waals surface area contributed by atoms with Gasteiger partial charge in [0, 0.05) is 0 Å². The van der Waals surface area contributed by atoms with E-state index in [0.717, 1.165) is 16.9 Å². The summed E-state index contributed by atoms with van der Waals surface area (Å²) in [6.45, 7) is 4.18. The van der Waals surface area contributed by atoms with E-state index >= 15 is 0 Å². The summed E-state index contributed by atoms with van der Waals surface area (Å²) in [6.07, 6.45) is 0. The molecule has 0 amide bonds. The Bertz CT molecular complexity index is 623. The van der Waals surface area contributed by atoms with E-state index in [1.54, 1.807) is 6.07 Å². The van der Waals surface area contributed by atoms with Crippen LogP contribution >= 0.6 is 0 Å². The van der Waals surface area contributed by atoms with E-state index in [-0.39, 0.29) is 6.61 Å². The van der Waals surface area contributed by atoms with Crippen LogP contribution in [-0.2, 0) is 6.61 Å².